The predicted octanol–water partition coefficient (Wildman–Crippen LogP) is 6.89. The molecule has 2 aliphatic heterocycles. The molecule has 3 heterocycles. The molecule has 11 heteroatoms. The van der Waals surface area contributed by atoms with Gasteiger partial charge in [-0.15, -0.1) is 0 Å². The Morgan fingerprint density at radius 2 is 1.89 bits per heavy atom. The molecule has 0 saturated heterocycles. The first-order valence-electron chi connectivity index (χ1n) is 14.5. The molecule has 2 aliphatic rings. The third kappa shape index (κ3) is 5.68. The van der Waals surface area contributed by atoms with Gasteiger partial charge in [0.2, 0.25) is 0 Å². The maximum Gasteiger partial charge on any atom is 0.281 e. The van der Waals surface area contributed by atoms with Crippen LogP contribution in [0.1, 0.15) is 65.1 Å². The molecule has 0 saturated carbocycles. The van der Waals surface area contributed by atoms with E-state index in [1.807, 2.05) is 45.0 Å². The number of ether oxygens (including phenoxy) is 1. The van der Waals surface area contributed by atoms with E-state index in [0.717, 1.165) is 11.1 Å². The normalized spacial score (nSPS) is 18.4. The number of rotatable bonds is 5. The zero-order valence-electron chi connectivity index (χ0n) is 25.6. The fourth-order valence-electron chi connectivity index (χ4n) is 6.24. The smallest absolute Gasteiger partial charge is 0.281 e. The molecular formula is C34H34FN3O6S. The Balaban J connectivity index is 1.55. The van der Waals surface area contributed by atoms with Gasteiger partial charge in [-0.1, -0.05) is 49.7 Å². The van der Waals surface area contributed by atoms with Crippen molar-refractivity contribution in [3.8, 4) is 11.5 Å². The van der Waals surface area contributed by atoms with Gasteiger partial charge < -0.3 is 19.6 Å². The molecule has 1 unspecified atom stereocenters. The third-order valence-corrected chi connectivity index (χ3v) is 10.3. The molecule has 4 aromatic rings. The first-order valence-corrected chi connectivity index (χ1v) is 16.2. The highest BCUT2D eigenvalue weighted by Gasteiger charge is 2.48. The van der Waals surface area contributed by atoms with Gasteiger partial charge in [0.1, 0.15) is 41.4 Å². The molecule has 45 heavy (non-hydrogen) atoms. The number of nitrogens with zero attached hydrogens (tertiary/aromatic N) is 2. The highest BCUT2D eigenvalue weighted by atomic mass is 32.2. The predicted molar refractivity (Wildman–Crippen MR) is 168 cm³/mol. The van der Waals surface area contributed by atoms with E-state index < -0.39 is 33.0 Å². The Morgan fingerprint density at radius 3 is 2.58 bits per heavy atom. The first kappa shape index (κ1) is 30.4. The van der Waals surface area contributed by atoms with Crippen LogP contribution >= 0.6 is 0 Å². The molecule has 0 aliphatic carbocycles. The number of carbonyl (C=O) groups is 1. The first-order chi connectivity index (χ1) is 21.2. The summed E-state index contributed by atoms with van der Waals surface area (Å²) in [5.74, 6) is -1.19. The van der Waals surface area contributed by atoms with Crippen molar-refractivity contribution < 1.29 is 31.9 Å². The number of benzene rings is 3. The summed E-state index contributed by atoms with van der Waals surface area (Å²) >= 11 is 0. The maximum absolute atomic E-state index is 16.4. The van der Waals surface area contributed by atoms with Gasteiger partial charge in [-0.05, 0) is 55.5 Å². The van der Waals surface area contributed by atoms with Gasteiger partial charge in [-0.25, -0.2) is 17.8 Å². The molecule has 1 aromatic heterocycles. The number of nitrogens with one attached hydrogen (secondary N) is 1. The molecule has 6 rings (SSSR count). The number of para-hydroxylation sites is 1. The number of amides is 1. The second-order valence-corrected chi connectivity index (χ2v) is 14.4. The molecule has 9 nitrogen and oxygen atoms in total. The second-order valence-electron chi connectivity index (χ2n) is 12.4. The standard InChI is InChI=1S/C34H34FN3O6S/c1-19-8-6-9-22(14-19)17-43-23-12-13-24(25(35)15-23)31-32-26(16-34(4,5)18-45(32,41)42)37-30-27(10-7-11-28(30)39)38(31)33(40)29-20(2)44-21(3)36-29/h6-15,31,37,39H,16-18H2,1-5H3. The minimum absolute atomic E-state index is 0.0529. The molecule has 1 amide bonds. The van der Waals surface area contributed by atoms with Crippen LogP contribution in [-0.2, 0) is 16.4 Å². The lowest BCUT2D eigenvalue weighted by molar-refractivity contribution is 0.0974. The van der Waals surface area contributed by atoms with Crippen LogP contribution < -0.4 is 15.0 Å². The quantitative estimate of drug-likeness (QED) is 0.228. The van der Waals surface area contributed by atoms with Gasteiger partial charge in [0.25, 0.3) is 5.91 Å². The molecule has 0 radical (unpaired) electrons. The molecule has 0 bridgehead atoms. The number of halogens is 1. The summed E-state index contributed by atoms with van der Waals surface area (Å²) in [6, 6.07) is 15.1. The number of fused-ring (bicyclic) bond motifs is 1. The summed E-state index contributed by atoms with van der Waals surface area (Å²) in [4.78, 5) is 19.8. The number of carbonyl (C=O) groups excluding carboxylic acids is 1. The lowest BCUT2D eigenvalue weighted by Gasteiger charge is -2.37. The number of aryl methyl sites for hydroxylation is 3. The van der Waals surface area contributed by atoms with Crippen LogP contribution in [0.4, 0.5) is 15.8 Å². The SMILES string of the molecule is Cc1cccc(COc2ccc(C3C4=C(CC(C)(C)CS4(=O)=O)Nc4c(O)cccc4N3C(=O)c3nc(C)oc3C)c(F)c2)c1. The zero-order chi connectivity index (χ0) is 32.3. The van der Waals surface area contributed by atoms with Crippen LogP contribution in [0.15, 0.2) is 75.7 Å². The van der Waals surface area contributed by atoms with Gasteiger partial charge in [-0.3, -0.25) is 9.69 Å². The highest BCUT2D eigenvalue weighted by Crippen LogP contribution is 2.52. The van der Waals surface area contributed by atoms with Crippen LogP contribution in [0.25, 0.3) is 0 Å². The number of hydrogen-bond donors (Lipinski definition) is 2. The van der Waals surface area contributed by atoms with Gasteiger partial charge in [0.05, 0.1) is 16.3 Å². The minimum atomic E-state index is -4.07. The van der Waals surface area contributed by atoms with Gasteiger partial charge >= 0.3 is 0 Å². The van der Waals surface area contributed by atoms with Crippen LogP contribution in [0, 0.1) is 32.0 Å². The number of phenols is 1. The van der Waals surface area contributed by atoms with E-state index in [-0.39, 0.29) is 75.2 Å². The number of aromatic hydroxyl groups is 1. The Morgan fingerprint density at radius 1 is 1.13 bits per heavy atom. The summed E-state index contributed by atoms with van der Waals surface area (Å²) in [6.07, 6.45) is 0.273. The Hall–Kier alpha value is -4.64. The molecule has 3 aromatic carbocycles. The number of anilines is 2. The van der Waals surface area contributed by atoms with Crippen molar-refractivity contribution in [2.75, 3.05) is 16.0 Å². The summed E-state index contributed by atoms with van der Waals surface area (Å²) in [5.41, 5.74) is 1.75. The Bertz CT molecular complexity index is 1980. The van der Waals surface area contributed by atoms with Crippen molar-refractivity contribution in [3.63, 3.8) is 0 Å². The van der Waals surface area contributed by atoms with Crippen LogP contribution in [-0.4, -0.2) is 30.2 Å². The fraction of sp³-hybridized carbons (Fsp3) is 0.294. The van der Waals surface area contributed by atoms with E-state index >= 15 is 4.39 Å². The molecule has 0 fully saturated rings. The topological polar surface area (TPSA) is 122 Å². The van der Waals surface area contributed by atoms with Crippen molar-refractivity contribution in [1.82, 2.24) is 4.98 Å². The van der Waals surface area contributed by atoms with E-state index in [9.17, 15) is 18.3 Å². The number of allylic oxidation sites excluding steroid dienone is 1. The van der Waals surface area contributed by atoms with E-state index in [1.165, 1.54) is 29.2 Å². The van der Waals surface area contributed by atoms with Gasteiger partial charge in [0, 0.05) is 24.3 Å². The summed E-state index contributed by atoms with van der Waals surface area (Å²) in [5, 5.41) is 14.1. The summed E-state index contributed by atoms with van der Waals surface area (Å²) in [6.45, 7) is 8.99. The summed E-state index contributed by atoms with van der Waals surface area (Å²) < 4.78 is 56.1. The monoisotopic (exact) mass is 631 g/mol. The van der Waals surface area contributed by atoms with Crippen molar-refractivity contribution in [1.29, 1.82) is 0 Å². The lowest BCUT2D eigenvalue weighted by atomic mass is 9.88. The zero-order valence-corrected chi connectivity index (χ0v) is 26.5. The van der Waals surface area contributed by atoms with E-state index in [1.54, 1.807) is 26.0 Å². The number of sulfone groups is 1. The van der Waals surface area contributed by atoms with Crippen molar-refractivity contribution in [3.05, 3.63) is 111 Å². The summed E-state index contributed by atoms with van der Waals surface area (Å²) in [7, 11) is -4.07. The second kappa shape index (κ2) is 11.1. The highest BCUT2D eigenvalue weighted by molar-refractivity contribution is 7.95. The molecule has 1 atom stereocenters. The lowest BCUT2D eigenvalue weighted by Crippen LogP contribution is -2.41. The van der Waals surface area contributed by atoms with Crippen molar-refractivity contribution in [2.24, 2.45) is 5.41 Å². The molecular weight excluding hydrogens is 597 g/mol. The molecule has 234 valence electrons. The number of phenolic OH excluding ortho intramolecular Hbond substituents is 1. The number of oxazole rings is 1. The van der Waals surface area contributed by atoms with Crippen molar-refractivity contribution >= 4 is 27.1 Å². The fourth-order valence-corrected chi connectivity index (χ4v) is 8.60. The van der Waals surface area contributed by atoms with E-state index in [2.05, 4.69) is 10.3 Å². The van der Waals surface area contributed by atoms with Gasteiger partial charge in [0.15, 0.2) is 21.4 Å². The van der Waals surface area contributed by atoms with Crippen LogP contribution in [0.2, 0.25) is 0 Å². The van der Waals surface area contributed by atoms with E-state index in [4.69, 9.17) is 9.15 Å². The average molecular weight is 632 g/mol. The van der Waals surface area contributed by atoms with Crippen molar-refractivity contribution in [2.45, 2.75) is 53.7 Å². The molecule has 0 spiro atoms. The van der Waals surface area contributed by atoms with Gasteiger partial charge in [-0.2, -0.15) is 0 Å². The minimum Gasteiger partial charge on any atom is -0.506 e. The number of hydrogen-bond acceptors (Lipinski definition) is 8. The Kier molecular flexibility index (Phi) is 7.47. The third-order valence-electron chi connectivity index (χ3n) is 8.01. The largest absolute Gasteiger partial charge is 0.506 e. The van der Waals surface area contributed by atoms with Crippen LogP contribution in [0.5, 0.6) is 11.5 Å². The number of aromatic nitrogens is 1. The van der Waals surface area contributed by atoms with Crippen LogP contribution in [0.3, 0.4) is 0 Å². The maximum atomic E-state index is 16.4. The van der Waals surface area contributed by atoms with E-state index in [0.29, 0.717) is 0 Å². The average Bonchev–Trinajstić information content (AvgIpc) is 3.20. The Labute approximate surface area is 261 Å². The molecule has 2 N–H and O–H groups in total.